The van der Waals surface area contributed by atoms with Crippen LogP contribution in [0, 0.1) is 17.9 Å². The van der Waals surface area contributed by atoms with Crippen molar-refractivity contribution in [1.82, 2.24) is 19.6 Å². The van der Waals surface area contributed by atoms with Crippen LogP contribution in [0.1, 0.15) is 42.9 Å². The molecule has 2 fully saturated rings. The average Bonchev–Trinajstić information content (AvgIpc) is 3.30. The fourth-order valence-electron chi connectivity index (χ4n) is 5.37. The van der Waals surface area contributed by atoms with E-state index in [2.05, 4.69) is 61.7 Å². The van der Waals surface area contributed by atoms with E-state index < -0.39 is 0 Å². The van der Waals surface area contributed by atoms with Gasteiger partial charge in [0, 0.05) is 55.9 Å². The third kappa shape index (κ3) is 7.65. The predicted molar refractivity (Wildman–Crippen MR) is 154 cm³/mol. The zero-order chi connectivity index (χ0) is 26.9. The number of likely N-dealkylation sites (tertiary alicyclic amines) is 1. The van der Waals surface area contributed by atoms with Crippen LogP contribution in [-0.2, 0) is 19.6 Å². The van der Waals surface area contributed by atoms with Crippen LogP contribution < -0.4 is 0 Å². The summed E-state index contributed by atoms with van der Waals surface area (Å²) in [5, 5.41) is 10.9. The van der Waals surface area contributed by atoms with Crippen LogP contribution in [-0.4, -0.2) is 65.4 Å². The highest BCUT2D eigenvalue weighted by Crippen LogP contribution is 2.27. The summed E-state index contributed by atoms with van der Waals surface area (Å²) >= 11 is 12.4. The normalized spacial score (nSPS) is 17.5. The average molecular weight is 552 g/mol. The molecule has 0 amide bonds. The first-order valence-corrected chi connectivity index (χ1v) is 14.2. The van der Waals surface area contributed by atoms with Gasteiger partial charge in [-0.25, -0.2) is 10.1 Å². The number of benzene rings is 2. The molecule has 8 heteroatoms. The van der Waals surface area contributed by atoms with Crippen molar-refractivity contribution in [1.29, 1.82) is 5.26 Å². The SMILES string of the molecule is [C-]#[N+]C(C#N)=C1N(CCN(CC)Cc2ccc(CN3CCCCC3)cc2)CCN1Cc1cc(Cl)cc(Cl)c1. The highest BCUT2D eigenvalue weighted by molar-refractivity contribution is 6.34. The van der Waals surface area contributed by atoms with Crippen molar-refractivity contribution in [2.45, 2.75) is 45.8 Å². The number of likely N-dealkylation sites (N-methyl/N-ethyl adjacent to an activating group) is 1. The molecule has 2 aromatic rings. The maximum Gasteiger partial charge on any atom is 0.300 e. The van der Waals surface area contributed by atoms with Gasteiger partial charge in [0.2, 0.25) is 0 Å². The minimum absolute atomic E-state index is 0.128. The summed E-state index contributed by atoms with van der Waals surface area (Å²) in [5.41, 5.74) is 3.78. The smallest absolute Gasteiger partial charge is 0.300 e. The molecule has 0 unspecified atom stereocenters. The highest BCUT2D eigenvalue weighted by atomic mass is 35.5. The van der Waals surface area contributed by atoms with Crippen molar-refractivity contribution in [2.75, 3.05) is 45.8 Å². The molecule has 0 saturated carbocycles. The molecule has 2 aliphatic heterocycles. The molecule has 0 spiro atoms. The monoisotopic (exact) mass is 550 g/mol. The lowest BCUT2D eigenvalue weighted by Gasteiger charge is -2.28. The Kier molecular flexibility index (Phi) is 10.3. The molecule has 2 saturated heterocycles. The van der Waals surface area contributed by atoms with Crippen LogP contribution >= 0.6 is 23.2 Å². The number of halogens is 2. The zero-order valence-electron chi connectivity index (χ0n) is 22.2. The minimum Gasteiger partial charge on any atom is -0.363 e. The van der Waals surface area contributed by atoms with E-state index in [4.69, 9.17) is 29.8 Å². The summed E-state index contributed by atoms with van der Waals surface area (Å²) < 4.78 is 0. The lowest BCUT2D eigenvalue weighted by Crippen LogP contribution is -2.34. The van der Waals surface area contributed by atoms with Crippen LogP contribution in [0.5, 0.6) is 0 Å². The van der Waals surface area contributed by atoms with E-state index in [1.807, 2.05) is 12.1 Å². The van der Waals surface area contributed by atoms with Crippen LogP contribution in [0.3, 0.4) is 0 Å². The molecule has 2 heterocycles. The Balaban J connectivity index is 1.37. The van der Waals surface area contributed by atoms with Gasteiger partial charge in [0.05, 0.1) is 12.6 Å². The predicted octanol–water partition coefficient (Wildman–Crippen LogP) is 6.23. The first-order valence-electron chi connectivity index (χ1n) is 13.5. The molecular formula is C30H36Cl2N6. The van der Waals surface area contributed by atoms with Gasteiger partial charge in [-0.3, -0.25) is 9.80 Å². The summed E-state index contributed by atoms with van der Waals surface area (Å²) in [4.78, 5) is 12.8. The zero-order valence-corrected chi connectivity index (χ0v) is 23.7. The second-order valence-corrected chi connectivity index (χ2v) is 11.0. The van der Waals surface area contributed by atoms with Gasteiger partial charge in [0.25, 0.3) is 0 Å². The van der Waals surface area contributed by atoms with Gasteiger partial charge in [0.15, 0.2) is 0 Å². The van der Waals surface area contributed by atoms with Crippen molar-refractivity contribution in [2.24, 2.45) is 0 Å². The molecule has 4 rings (SSSR count). The molecule has 2 aliphatic rings. The van der Waals surface area contributed by atoms with Crippen molar-refractivity contribution in [3.05, 3.63) is 92.1 Å². The van der Waals surface area contributed by atoms with Gasteiger partial charge < -0.3 is 9.80 Å². The van der Waals surface area contributed by atoms with Crippen LogP contribution in [0.25, 0.3) is 4.85 Å². The Labute approximate surface area is 237 Å². The third-order valence-corrected chi connectivity index (χ3v) is 7.82. The van der Waals surface area contributed by atoms with E-state index in [-0.39, 0.29) is 5.70 Å². The van der Waals surface area contributed by atoms with Gasteiger partial charge in [0.1, 0.15) is 5.82 Å². The second-order valence-electron chi connectivity index (χ2n) is 10.1. The Morgan fingerprint density at radius 1 is 0.921 bits per heavy atom. The third-order valence-electron chi connectivity index (χ3n) is 7.38. The first-order chi connectivity index (χ1) is 18.5. The Morgan fingerprint density at radius 3 is 2.21 bits per heavy atom. The fraction of sp³-hybridized carbons (Fsp3) is 0.467. The largest absolute Gasteiger partial charge is 0.363 e. The van der Waals surface area contributed by atoms with Gasteiger partial charge in [-0.05, 0) is 67.4 Å². The lowest BCUT2D eigenvalue weighted by atomic mass is 10.1. The van der Waals surface area contributed by atoms with E-state index in [1.54, 1.807) is 6.07 Å². The summed E-state index contributed by atoms with van der Waals surface area (Å²) in [6, 6.07) is 16.6. The molecule has 6 nitrogen and oxygen atoms in total. The van der Waals surface area contributed by atoms with Gasteiger partial charge >= 0.3 is 5.70 Å². The topological polar surface area (TPSA) is 41.1 Å². The Hall–Kier alpha value is -2.74. The van der Waals surface area contributed by atoms with E-state index in [1.165, 1.54) is 43.5 Å². The molecule has 0 N–H and O–H groups in total. The molecule has 0 bridgehead atoms. The van der Waals surface area contributed by atoms with E-state index in [0.29, 0.717) is 22.4 Å². The number of rotatable bonds is 10. The number of hydrogen-bond donors (Lipinski definition) is 0. The number of allylic oxidation sites excluding steroid dienone is 1. The Bertz CT molecular complexity index is 1150. The van der Waals surface area contributed by atoms with Crippen molar-refractivity contribution in [3.63, 3.8) is 0 Å². The highest BCUT2D eigenvalue weighted by Gasteiger charge is 2.28. The first kappa shape index (κ1) is 28.3. The van der Waals surface area contributed by atoms with Crippen LogP contribution in [0.15, 0.2) is 54.0 Å². The number of nitriles is 1. The maximum absolute atomic E-state index is 9.69. The maximum atomic E-state index is 9.69. The fourth-order valence-corrected chi connectivity index (χ4v) is 5.94. The summed E-state index contributed by atoms with van der Waals surface area (Å²) in [5.74, 6) is 0.705. The second kappa shape index (κ2) is 13.9. The number of piperidine rings is 1. The number of nitrogens with zero attached hydrogens (tertiary/aromatic N) is 6. The Morgan fingerprint density at radius 2 is 1.58 bits per heavy atom. The quantitative estimate of drug-likeness (QED) is 0.259. The standard InChI is InChI=1S/C30H36Cl2N6/c1-3-35(21-24-7-9-25(10-8-24)22-36-11-5-4-6-12-36)13-14-37-15-16-38(30(37)29(20-33)34-2)23-26-17-27(31)19-28(32)18-26/h7-10,17-19H,3-6,11-16,21-23H2,1H3. The molecular weight excluding hydrogens is 515 g/mol. The molecule has 38 heavy (non-hydrogen) atoms. The molecule has 0 atom stereocenters. The van der Waals surface area contributed by atoms with E-state index in [9.17, 15) is 5.26 Å². The number of hydrogen-bond acceptors (Lipinski definition) is 5. The van der Waals surface area contributed by atoms with Crippen LogP contribution in [0.4, 0.5) is 0 Å². The van der Waals surface area contributed by atoms with Crippen LogP contribution in [0.2, 0.25) is 10.0 Å². The molecule has 200 valence electrons. The summed E-state index contributed by atoms with van der Waals surface area (Å²) in [6.45, 7) is 18.7. The summed E-state index contributed by atoms with van der Waals surface area (Å²) in [7, 11) is 0. The molecule has 0 radical (unpaired) electrons. The summed E-state index contributed by atoms with van der Waals surface area (Å²) in [6.07, 6.45) is 3.99. The van der Waals surface area contributed by atoms with Crippen molar-refractivity contribution in [3.8, 4) is 6.07 Å². The van der Waals surface area contributed by atoms with Gasteiger partial charge in [-0.15, -0.1) is 0 Å². The van der Waals surface area contributed by atoms with Gasteiger partial charge in [-0.1, -0.05) is 60.8 Å². The van der Waals surface area contributed by atoms with Crippen molar-refractivity contribution < 1.29 is 0 Å². The lowest BCUT2D eigenvalue weighted by molar-refractivity contribution is 0.220. The molecule has 0 aromatic heterocycles. The van der Waals surface area contributed by atoms with Crippen molar-refractivity contribution >= 4 is 23.2 Å². The van der Waals surface area contributed by atoms with Gasteiger partial charge in [-0.2, -0.15) is 0 Å². The molecule has 2 aromatic carbocycles. The van der Waals surface area contributed by atoms with E-state index in [0.717, 1.165) is 51.4 Å². The minimum atomic E-state index is 0.128. The molecule has 0 aliphatic carbocycles. The van der Waals surface area contributed by atoms with E-state index >= 15 is 0 Å².